The molecule has 2 heterocycles. The van der Waals surface area contributed by atoms with Crippen molar-refractivity contribution in [3.05, 3.63) is 60.7 Å². The molecular formula is C17H17N3. The summed E-state index contributed by atoms with van der Waals surface area (Å²) < 4.78 is 2.20. The van der Waals surface area contributed by atoms with Gasteiger partial charge < -0.3 is 9.88 Å². The predicted octanol–water partition coefficient (Wildman–Crippen LogP) is 3.45. The van der Waals surface area contributed by atoms with Gasteiger partial charge in [0.25, 0.3) is 0 Å². The fourth-order valence-corrected chi connectivity index (χ4v) is 3.04. The fourth-order valence-electron chi connectivity index (χ4n) is 3.04. The molecule has 0 aliphatic carbocycles. The Morgan fingerprint density at radius 1 is 1.10 bits per heavy atom. The monoisotopic (exact) mass is 263 g/mol. The lowest BCUT2D eigenvalue weighted by atomic mass is 10.1. The number of rotatable bonds is 2. The summed E-state index contributed by atoms with van der Waals surface area (Å²) in [4.78, 5) is 4.35. The molecule has 100 valence electrons. The van der Waals surface area contributed by atoms with E-state index in [4.69, 9.17) is 0 Å². The number of hydrogen-bond acceptors (Lipinski definition) is 2. The normalized spacial score (nSPS) is 18.7. The minimum atomic E-state index is 0.434. The minimum absolute atomic E-state index is 0.434. The van der Waals surface area contributed by atoms with E-state index in [1.54, 1.807) is 0 Å². The van der Waals surface area contributed by atoms with Gasteiger partial charge in [-0.2, -0.15) is 0 Å². The molecule has 3 nitrogen and oxygen atoms in total. The van der Waals surface area contributed by atoms with E-state index in [9.17, 15) is 0 Å². The van der Waals surface area contributed by atoms with Gasteiger partial charge in [0.1, 0.15) is 0 Å². The number of nitrogens with zero attached hydrogens (tertiary/aromatic N) is 2. The smallest absolute Gasteiger partial charge is 0.0994 e. The van der Waals surface area contributed by atoms with E-state index in [-0.39, 0.29) is 0 Å². The molecule has 0 saturated carbocycles. The third-order valence-corrected chi connectivity index (χ3v) is 4.10. The SMILES string of the molecule is c1ccc2cc(-n3cncc3[C@@H]3CCCN3)ccc2c1. The van der Waals surface area contributed by atoms with Gasteiger partial charge in [-0.3, -0.25) is 0 Å². The molecule has 1 aromatic heterocycles. The molecule has 2 aromatic carbocycles. The highest BCUT2D eigenvalue weighted by Crippen LogP contribution is 2.26. The summed E-state index contributed by atoms with van der Waals surface area (Å²) in [5, 5.41) is 6.09. The lowest BCUT2D eigenvalue weighted by Crippen LogP contribution is -2.16. The van der Waals surface area contributed by atoms with Crippen molar-refractivity contribution < 1.29 is 0 Å². The van der Waals surface area contributed by atoms with Crippen molar-refractivity contribution in [2.45, 2.75) is 18.9 Å². The zero-order valence-corrected chi connectivity index (χ0v) is 11.3. The predicted molar refractivity (Wildman–Crippen MR) is 81.0 cm³/mol. The Morgan fingerprint density at radius 3 is 2.85 bits per heavy atom. The van der Waals surface area contributed by atoms with E-state index in [1.807, 2.05) is 12.5 Å². The number of fused-ring (bicyclic) bond motifs is 1. The van der Waals surface area contributed by atoms with Crippen LogP contribution in [-0.2, 0) is 0 Å². The van der Waals surface area contributed by atoms with Crippen LogP contribution >= 0.6 is 0 Å². The summed E-state index contributed by atoms with van der Waals surface area (Å²) in [6, 6.07) is 15.5. The van der Waals surface area contributed by atoms with Gasteiger partial charge in [0.05, 0.1) is 18.2 Å². The summed E-state index contributed by atoms with van der Waals surface area (Å²) in [7, 11) is 0. The first-order chi connectivity index (χ1) is 9.92. The van der Waals surface area contributed by atoms with Crippen molar-refractivity contribution in [3.8, 4) is 5.69 Å². The molecule has 20 heavy (non-hydrogen) atoms. The summed E-state index contributed by atoms with van der Waals surface area (Å²) in [5.74, 6) is 0. The Kier molecular flexibility index (Phi) is 2.78. The van der Waals surface area contributed by atoms with E-state index < -0.39 is 0 Å². The van der Waals surface area contributed by atoms with Crippen LogP contribution in [0.5, 0.6) is 0 Å². The van der Waals surface area contributed by atoms with E-state index >= 15 is 0 Å². The molecule has 1 fully saturated rings. The first-order valence-corrected chi connectivity index (χ1v) is 7.17. The largest absolute Gasteiger partial charge is 0.309 e. The first-order valence-electron chi connectivity index (χ1n) is 7.17. The minimum Gasteiger partial charge on any atom is -0.309 e. The van der Waals surface area contributed by atoms with Crippen LogP contribution in [0.3, 0.4) is 0 Å². The fraction of sp³-hybridized carbons (Fsp3) is 0.235. The van der Waals surface area contributed by atoms with E-state index in [2.05, 4.69) is 57.3 Å². The maximum Gasteiger partial charge on any atom is 0.0994 e. The molecule has 3 heteroatoms. The molecule has 0 amide bonds. The molecule has 0 bridgehead atoms. The number of benzene rings is 2. The van der Waals surface area contributed by atoms with Crippen molar-refractivity contribution >= 4 is 10.8 Å². The van der Waals surface area contributed by atoms with Gasteiger partial charge >= 0.3 is 0 Å². The third kappa shape index (κ3) is 1.91. The number of imidazole rings is 1. The standard InChI is InChI=1S/C17H17N3/c1-2-5-14-10-15(8-7-13(14)4-1)20-12-18-11-17(20)16-6-3-9-19-16/h1-2,4-5,7-8,10-12,16,19H,3,6,9H2/t16-/m0/s1. The van der Waals surface area contributed by atoms with Crippen LogP contribution in [0.2, 0.25) is 0 Å². The molecular weight excluding hydrogens is 246 g/mol. The molecule has 0 unspecified atom stereocenters. The molecule has 1 aliphatic heterocycles. The number of aromatic nitrogens is 2. The van der Waals surface area contributed by atoms with Crippen molar-refractivity contribution in [1.29, 1.82) is 0 Å². The van der Waals surface area contributed by atoms with Crippen molar-refractivity contribution in [1.82, 2.24) is 14.9 Å². The van der Waals surface area contributed by atoms with Crippen LogP contribution in [0.1, 0.15) is 24.6 Å². The molecule has 0 spiro atoms. The second-order valence-corrected chi connectivity index (χ2v) is 5.37. The molecule has 0 radical (unpaired) electrons. The van der Waals surface area contributed by atoms with Crippen LogP contribution in [0.25, 0.3) is 16.5 Å². The summed E-state index contributed by atoms with van der Waals surface area (Å²) in [6.45, 7) is 1.10. The second kappa shape index (κ2) is 4.76. The van der Waals surface area contributed by atoms with Gasteiger partial charge in [-0.05, 0) is 42.3 Å². The van der Waals surface area contributed by atoms with E-state index in [0.29, 0.717) is 6.04 Å². The van der Waals surface area contributed by atoms with Crippen molar-refractivity contribution in [2.75, 3.05) is 6.54 Å². The average molecular weight is 263 g/mol. The quantitative estimate of drug-likeness (QED) is 0.767. The third-order valence-electron chi connectivity index (χ3n) is 4.10. The lowest BCUT2D eigenvalue weighted by Gasteiger charge is -2.14. The van der Waals surface area contributed by atoms with Gasteiger partial charge in [-0.15, -0.1) is 0 Å². The van der Waals surface area contributed by atoms with Crippen molar-refractivity contribution in [3.63, 3.8) is 0 Å². The van der Waals surface area contributed by atoms with Crippen LogP contribution in [-0.4, -0.2) is 16.1 Å². The molecule has 1 N–H and O–H groups in total. The number of nitrogens with one attached hydrogen (secondary N) is 1. The Hall–Kier alpha value is -2.13. The summed E-state index contributed by atoms with van der Waals surface area (Å²) >= 11 is 0. The molecule has 1 atom stereocenters. The van der Waals surface area contributed by atoms with Crippen LogP contribution in [0.15, 0.2) is 55.0 Å². The van der Waals surface area contributed by atoms with E-state index in [1.165, 1.54) is 35.0 Å². The van der Waals surface area contributed by atoms with Crippen LogP contribution in [0, 0.1) is 0 Å². The first kappa shape index (κ1) is 11.7. The Labute approximate surface area is 118 Å². The summed E-state index contributed by atoms with van der Waals surface area (Å²) in [5.41, 5.74) is 2.45. The Bertz CT molecular complexity index is 739. The second-order valence-electron chi connectivity index (χ2n) is 5.37. The molecule has 4 rings (SSSR count). The van der Waals surface area contributed by atoms with E-state index in [0.717, 1.165) is 6.54 Å². The Balaban J connectivity index is 1.80. The molecule has 1 saturated heterocycles. The topological polar surface area (TPSA) is 29.9 Å². The highest BCUT2D eigenvalue weighted by atomic mass is 15.1. The van der Waals surface area contributed by atoms with Crippen LogP contribution in [0.4, 0.5) is 0 Å². The Morgan fingerprint density at radius 2 is 2.00 bits per heavy atom. The zero-order valence-electron chi connectivity index (χ0n) is 11.3. The van der Waals surface area contributed by atoms with Crippen LogP contribution < -0.4 is 5.32 Å². The van der Waals surface area contributed by atoms with Gasteiger partial charge in [0.15, 0.2) is 0 Å². The summed E-state index contributed by atoms with van der Waals surface area (Å²) in [6.07, 6.45) is 6.34. The number of hydrogen-bond donors (Lipinski definition) is 1. The van der Waals surface area contributed by atoms with Gasteiger partial charge in [0.2, 0.25) is 0 Å². The average Bonchev–Trinajstić information content (AvgIpc) is 3.17. The van der Waals surface area contributed by atoms with Gasteiger partial charge in [0, 0.05) is 11.7 Å². The van der Waals surface area contributed by atoms with Gasteiger partial charge in [-0.1, -0.05) is 30.3 Å². The highest BCUT2D eigenvalue weighted by molar-refractivity contribution is 5.84. The lowest BCUT2D eigenvalue weighted by molar-refractivity contribution is 0.615. The molecule has 1 aliphatic rings. The maximum atomic E-state index is 4.35. The highest BCUT2D eigenvalue weighted by Gasteiger charge is 2.20. The van der Waals surface area contributed by atoms with Crippen molar-refractivity contribution in [2.24, 2.45) is 0 Å². The molecule has 3 aromatic rings. The zero-order chi connectivity index (χ0) is 13.4. The van der Waals surface area contributed by atoms with Gasteiger partial charge in [-0.25, -0.2) is 4.98 Å². The maximum absolute atomic E-state index is 4.35.